The third-order valence-corrected chi connectivity index (χ3v) is 8.38. The van der Waals surface area contributed by atoms with E-state index in [2.05, 4.69) is 5.32 Å². The number of ether oxygens (including phenoxy) is 2. The second-order valence-corrected chi connectivity index (χ2v) is 11.8. The highest BCUT2D eigenvalue weighted by atomic mass is 35.5. The van der Waals surface area contributed by atoms with Gasteiger partial charge in [-0.1, -0.05) is 48.0 Å². The lowest BCUT2D eigenvalue weighted by atomic mass is 9.76. The molecule has 1 fully saturated rings. The minimum absolute atomic E-state index is 0.0169. The molecule has 0 aromatic heterocycles. The Bertz CT molecular complexity index is 1400. The molecular formula is C30H33ClF2N2O5. The van der Waals surface area contributed by atoms with Crippen LogP contribution >= 0.6 is 11.6 Å². The molecule has 6 atom stereocenters. The van der Waals surface area contributed by atoms with Crippen molar-refractivity contribution in [3.8, 4) is 5.75 Å². The van der Waals surface area contributed by atoms with Crippen LogP contribution in [0.2, 0.25) is 5.02 Å². The zero-order chi connectivity index (χ0) is 29.0. The topological polar surface area (TPSA) is 114 Å². The van der Waals surface area contributed by atoms with Crippen LogP contribution in [0.3, 0.4) is 0 Å². The van der Waals surface area contributed by atoms with E-state index in [9.17, 15) is 15.0 Å². The Morgan fingerprint density at radius 3 is 2.62 bits per heavy atom. The van der Waals surface area contributed by atoms with Gasteiger partial charge in [0.05, 0.1) is 29.4 Å². The summed E-state index contributed by atoms with van der Waals surface area (Å²) in [6, 6.07) is 10.1. The van der Waals surface area contributed by atoms with Crippen LogP contribution in [0, 0.1) is 5.82 Å². The fourth-order valence-corrected chi connectivity index (χ4v) is 6.23. The molecule has 3 aliphatic rings. The first-order valence-electron chi connectivity index (χ1n) is 13.2. The molecule has 5 rings (SSSR count). The highest BCUT2D eigenvalue weighted by Crippen LogP contribution is 2.53. The zero-order valence-electron chi connectivity index (χ0n) is 22.5. The summed E-state index contributed by atoms with van der Waals surface area (Å²) in [5.74, 6) is -1.61. The lowest BCUT2D eigenvalue weighted by molar-refractivity contribution is -0.114. The third kappa shape index (κ3) is 4.84. The molecule has 7 nitrogen and oxygen atoms in total. The highest BCUT2D eigenvalue weighted by Gasteiger charge is 2.54. The van der Waals surface area contributed by atoms with E-state index < -0.39 is 40.8 Å². The van der Waals surface area contributed by atoms with Crippen LogP contribution < -0.4 is 15.8 Å². The molecule has 5 N–H and O–H groups in total. The number of nitrogens with one attached hydrogen (secondary N) is 1. The molecule has 0 bridgehead atoms. The molecule has 2 aromatic rings. The maximum Gasteiger partial charge on any atom is 0.249 e. The predicted molar refractivity (Wildman–Crippen MR) is 147 cm³/mol. The number of primary amides is 1. The van der Waals surface area contributed by atoms with E-state index in [-0.39, 0.29) is 46.6 Å². The molecule has 1 saturated heterocycles. The summed E-state index contributed by atoms with van der Waals surface area (Å²) in [6.45, 7) is 4.84. The number of β-amino-alcohol motifs (C(OH)–C–C–N with tert-alkyl or cyclic N) is 1. The average molecular weight is 575 g/mol. The number of amides is 1. The van der Waals surface area contributed by atoms with Crippen molar-refractivity contribution in [3.63, 3.8) is 0 Å². The van der Waals surface area contributed by atoms with Gasteiger partial charge in [-0.15, -0.1) is 0 Å². The summed E-state index contributed by atoms with van der Waals surface area (Å²) in [6.07, 6.45) is 0.342. The first-order valence-corrected chi connectivity index (χ1v) is 13.6. The molecule has 2 aliphatic heterocycles. The second-order valence-electron chi connectivity index (χ2n) is 11.4. The number of hydrogen-bond acceptors (Lipinski definition) is 6. The van der Waals surface area contributed by atoms with Gasteiger partial charge in [-0.3, -0.25) is 4.79 Å². The van der Waals surface area contributed by atoms with E-state index >= 15 is 8.78 Å². The number of halogens is 3. The van der Waals surface area contributed by atoms with Crippen molar-refractivity contribution >= 4 is 23.1 Å². The van der Waals surface area contributed by atoms with E-state index in [0.717, 1.165) is 5.56 Å². The molecule has 214 valence electrons. The lowest BCUT2D eigenvalue weighted by Gasteiger charge is -2.36. The maximum absolute atomic E-state index is 16.6. The number of nitrogens with two attached hydrogens (primary N) is 1. The quantitative estimate of drug-likeness (QED) is 0.401. The highest BCUT2D eigenvalue weighted by molar-refractivity contribution is 6.33. The standard InChI is InChI=1S/C30H33ClF2N2O5/c1-16(36)14-39-29(3)10-9-18(27(34)37)24(26(29)33)23-19-12-30(17-7-5-4-6-8-17,22-13-28(2,38)15-35-22)40-21(19)11-20(32)25(23)31/h4-11,16,22,26,35-36,38H,12-15H2,1-3H3,(H2,34,37)/t16-,22?,26?,28?,29?,30-/m0/s1. The summed E-state index contributed by atoms with van der Waals surface area (Å²) in [4.78, 5) is 12.5. The largest absolute Gasteiger partial charge is 0.480 e. The molecule has 40 heavy (non-hydrogen) atoms. The molecule has 10 heteroatoms. The van der Waals surface area contributed by atoms with Crippen LogP contribution in [-0.4, -0.2) is 58.8 Å². The van der Waals surface area contributed by atoms with Crippen LogP contribution in [0.1, 0.15) is 43.9 Å². The smallest absolute Gasteiger partial charge is 0.249 e. The fourth-order valence-electron chi connectivity index (χ4n) is 5.96. The van der Waals surface area contributed by atoms with Gasteiger partial charge in [0.2, 0.25) is 5.91 Å². The van der Waals surface area contributed by atoms with E-state index in [1.165, 1.54) is 32.1 Å². The molecule has 2 heterocycles. The van der Waals surface area contributed by atoms with Gasteiger partial charge in [-0.05, 0) is 38.8 Å². The number of alkyl halides is 1. The van der Waals surface area contributed by atoms with Gasteiger partial charge in [0.15, 0.2) is 11.8 Å². The van der Waals surface area contributed by atoms with Crippen molar-refractivity contribution in [2.75, 3.05) is 13.2 Å². The Morgan fingerprint density at radius 1 is 1.32 bits per heavy atom. The van der Waals surface area contributed by atoms with E-state index in [1.54, 1.807) is 6.92 Å². The van der Waals surface area contributed by atoms with E-state index in [0.29, 0.717) is 18.5 Å². The normalized spacial score (nSPS) is 32.2. The number of rotatable bonds is 7. The van der Waals surface area contributed by atoms with E-state index in [1.807, 2.05) is 30.3 Å². The van der Waals surface area contributed by atoms with Gasteiger partial charge in [0, 0.05) is 41.3 Å². The summed E-state index contributed by atoms with van der Waals surface area (Å²) < 4.78 is 44.3. The van der Waals surface area contributed by atoms with Crippen molar-refractivity contribution in [2.45, 2.75) is 68.7 Å². The van der Waals surface area contributed by atoms with Crippen LogP contribution in [0.4, 0.5) is 8.78 Å². The van der Waals surface area contributed by atoms with Gasteiger partial charge in [0.1, 0.15) is 17.2 Å². The molecule has 0 radical (unpaired) electrons. The van der Waals surface area contributed by atoms with Gasteiger partial charge in [0.25, 0.3) is 0 Å². The lowest BCUT2D eigenvalue weighted by Crippen LogP contribution is -2.49. The first-order chi connectivity index (χ1) is 18.8. The maximum atomic E-state index is 16.6. The average Bonchev–Trinajstić information content (AvgIpc) is 3.47. The van der Waals surface area contributed by atoms with Crippen molar-refractivity contribution < 1.29 is 33.3 Å². The third-order valence-electron chi connectivity index (χ3n) is 8.01. The van der Waals surface area contributed by atoms with Gasteiger partial charge < -0.3 is 30.7 Å². The zero-order valence-corrected chi connectivity index (χ0v) is 23.3. The number of benzene rings is 2. The molecular weight excluding hydrogens is 542 g/mol. The Kier molecular flexibility index (Phi) is 7.34. The van der Waals surface area contributed by atoms with Crippen molar-refractivity contribution in [3.05, 3.63) is 81.7 Å². The minimum atomic E-state index is -1.99. The SMILES string of the molecule is C[C@H](O)COC1(C)C=CC(C(N)=O)=C(c2c(Cl)c(F)cc3c2C[C@](c2ccccc2)(C2CC(C)(O)CN2)O3)C1F. The predicted octanol–water partition coefficient (Wildman–Crippen LogP) is 3.73. The van der Waals surface area contributed by atoms with Crippen LogP contribution in [0.5, 0.6) is 5.75 Å². The van der Waals surface area contributed by atoms with E-state index in [4.69, 9.17) is 26.8 Å². The number of fused-ring (bicyclic) bond motifs is 1. The Hall–Kier alpha value is -2.82. The van der Waals surface area contributed by atoms with Gasteiger partial charge in [-0.25, -0.2) is 8.78 Å². The molecule has 1 aliphatic carbocycles. The van der Waals surface area contributed by atoms with Crippen molar-refractivity contribution in [1.82, 2.24) is 5.32 Å². The number of carbonyl (C=O) groups is 1. The molecule has 4 unspecified atom stereocenters. The van der Waals surface area contributed by atoms with Crippen molar-refractivity contribution in [2.24, 2.45) is 5.73 Å². The van der Waals surface area contributed by atoms with Crippen molar-refractivity contribution in [1.29, 1.82) is 0 Å². The van der Waals surface area contributed by atoms with Crippen LogP contribution in [-0.2, 0) is 21.6 Å². The van der Waals surface area contributed by atoms with Gasteiger partial charge >= 0.3 is 0 Å². The molecule has 0 saturated carbocycles. The molecule has 1 amide bonds. The summed E-state index contributed by atoms with van der Waals surface area (Å²) in [5.41, 5.74) is 2.78. The Morgan fingerprint density at radius 2 is 2.02 bits per heavy atom. The summed E-state index contributed by atoms with van der Waals surface area (Å²) >= 11 is 6.57. The molecule has 0 spiro atoms. The second kappa shape index (κ2) is 10.2. The fraction of sp³-hybridized carbons (Fsp3) is 0.433. The monoisotopic (exact) mass is 574 g/mol. The summed E-state index contributed by atoms with van der Waals surface area (Å²) in [7, 11) is 0. The molecule has 2 aromatic carbocycles. The van der Waals surface area contributed by atoms with Gasteiger partial charge in [-0.2, -0.15) is 0 Å². The first kappa shape index (κ1) is 28.7. The number of aliphatic hydroxyl groups excluding tert-OH is 1. The summed E-state index contributed by atoms with van der Waals surface area (Å²) in [5, 5.41) is 23.5. The minimum Gasteiger partial charge on any atom is -0.480 e. The van der Waals surface area contributed by atoms with Crippen LogP contribution in [0.15, 0.2) is 54.1 Å². The number of carbonyl (C=O) groups excluding carboxylic acids is 1. The number of aliphatic hydroxyl groups is 2. The Labute approximate surface area is 236 Å². The number of hydrogen-bond donors (Lipinski definition) is 4. The Balaban J connectivity index is 1.69. The van der Waals surface area contributed by atoms with Crippen LogP contribution in [0.25, 0.3) is 5.57 Å².